The Labute approximate surface area is 163 Å². The van der Waals surface area contributed by atoms with E-state index in [9.17, 15) is 14.0 Å². The minimum Gasteiger partial charge on any atom is -0.477 e. The van der Waals surface area contributed by atoms with Gasteiger partial charge in [0.1, 0.15) is 11.6 Å². The van der Waals surface area contributed by atoms with Crippen LogP contribution in [0.15, 0.2) is 36.4 Å². The van der Waals surface area contributed by atoms with Gasteiger partial charge >= 0.3 is 5.97 Å². The number of carbonyl (C=O) groups excluding carboxylic acids is 2. The highest BCUT2D eigenvalue weighted by Crippen LogP contribution is 2.28. The van der Waals surface area contributed by atoms with Crippen molar-refractivity contribution in [2.24, 2.45) is 0 Å². The van der Waals surface area contributed by atoms with Crippen molar-refractivity contribution in [3.05, 3.63) is 57.3 Å². The fourth-order valence-electron chi connectivity index (χ4n) is 1.83. The van der Waals surface area contributed by atoms with E-state index in [-0.39, 0.29) is 21.5 Å². The summed E-state index contributed by atoms with van der Waals surface area (Å²) in [6.07, 6.45) is -0.998. The summed E-state index contributed by atoms with van der Waals surface area (Å²) in [6, 6.07) is 8.22. The fraction of sp³-hybridized carbons (Fsp3) is 0.176. The smallest absolute Gasteiger partial charge is 0.347 e. The molecule has 2 aromatic rings. The Morgan fingerprint density at radius 3 is 2.50 bits per heavy atom. The van der Waals surface area contributed by atoms with Gasteiger partial charge in [-0.2, -0.15) is 0 Å². The normalized spacial score (nSPS) is 11.6. The maximum Gasteiger partial charge on any atom is 0.347 e. The zero-order valence-electron chi connectivity index (χ0n) is 13.4. The van der Waals surface area contributed by atoms with Gasteiger partial charge in [0.05, 0.1) is 10.0 Å². The Morgan fingerprint density at radius 1 is 1.12 bits per heavy atom. The Hall–Kier alpha value is -2.02. The highest BCUT2D eigenvalue weighted by molar-refractivity contribution is 6.35. The molecule has 1 N–H and O–H groups in total. The van der Waals surface area contributed by atoms with Crippen LogP contribution in [0.5, 0.6) is 5.75 Å². The molecule has 0 aromatic heterocycles. The van der Waals surface area contributed by atoms with Crippen molar-refractivity contribution in [3.8, 4) is 5.75 Å². The second kappa shape index (κ2) is 9.07. The number of esters is 1. The molecule has 0 spiro atoms. The number of amides is 1. The SMILES string of the molecule is CC(Oc1ccc(Cl)cc1Cl)C(=O)OCC(=O)Nc1ccc(F)c(Cl)c1. The van der Waals surface area contributed by atoms with Gasteiger partial charge in [0, 0.05) is 10.7 Å². The Morgan fingerprint density at radius 2 is 1.85 bits per heavy atom. The van der Waals surface area contributed by atoms with Crippen molar-refractivity contribution in [2.75, 3.05) is 11.9 Å². The third-order valence-electron chi connectivity index (χ3n) is 3.08. The number of anilines is 1. The quantitative estimate of drug-likeness (QED) is 0.686. The van der Waals surface area contributed by atoms with E-state index < -0.39 is 30.4 Å². The first-order valence-electron chi connectivity index (χ1n) is 7.29. The van der Waals surface area contributed by atoms with Gasteiger partial charge in [0.2, 0.25) is 0 Å². The monoisotopic (exact) mass is 419 g/mol. The maximum absolute atomic E-state index is 13.1. The van der Waals surface area contributed by atoms with Gasteiger partial charge in [-0.1, -0.05) is 34.8 Å². The van der Waals surface area contributed by atoms with Crippen LogP contribution in [-0.4, -0.2) is 24.6 Å². The molecule has 0 saturated carbocycles. The van der Waals surface area contributed by atoms with E-state index in [1.165, 1.54) is 31.2 Å². The molecule has 0 radical (unpaired) electrons. The summed E-state index contributed by atoms with van der Waals surface area (Å²) in [7, 11) is 0. The van der Waals surface area contributed by atoms with Crippen LogP contribution in [0.3, 0.4) is 0 Å². The first-order valence-corrected chi connectivity index (χ1v) is 8.43. The summed E-state index contributed by atoms with van der Waals surface area (Å²) in [6.45, 7) is 0.904. The summed E-state index contributed by atoms with van der Waals surface area (Å²) >= 11 is 17.4. The average molecular weight is 421 g/mol. The number of hydrogen-bond acceptors (Lipinski definition) is 4. The van der Waals surface area contributed by atoms with Crippen molar-refractivity contribution in [1.29, 1.82) is 0 Å². The van der Waals surface area contributed by atoms with Crippen LogP contribution in [-0.2, 0) is 14.3 Å². The topological polar surface area (TPSA) is 64.6 Å². The van der Waals surface area contributed by atoms with Crippen molar-refractivity contribution >= 4 is 52.4 Å². The van der Waals surface area contributed by atoms with Crippen molar-refractivity contribution < 1.29 is 23.5 Å². The lowest BCUT2D eigenvalue weighted by atomic mass is 10.3. The lowest BCUT2D eigenvalue weighted by Gasteiger charge is -2.15. The minimum absolute atomic E-state index is 0.137. The number of benzene rings is 2. The van der Waals surface area contributed by atoms with E-state index in [2.05, 4.69) is 5.32 Å². The number of rotatable bonds is 6. The van der Waals surface area contributed by atoms with Crippen molar-refractivity contribution in [2.45, 2.75) is 13.0 Å². The molecule has 0 bridgehead atoms. The third-order valence-corrected chi connectivity index (χ3v) is 3.90. The van der Waals surface area contributed by atoms with Crippen LogP contribution in [0.1, 0.15) is 6.92 Å². The van der Waals surface area contributed by atoms with Crippen molar-refractivity contribution in [3.63, 3.8) is 0 Å². The van der Waals surface area contributed by atoms with Crippen LogP contribution >= 0.6 is 34.8 Å². The second-order valence-electron chi connectivity index (χ2n) is 5.12. The largest absolute Gasteiger partial charge is 0.477 e. The van der Waals surface area contributed by atoms with Crippen LogP contribution in [0.2, 0.25) is 15.1 Å². The number of hydrogen-bond donors (Lipinski definition) is 1. The molecule has 1 amide bonds. The first kappa shape index (κ1) is 20.3. The molecule has 2 rings (SSSR count). The molecule has 1 unspecified atom stereocenters. The summed E-state index contributed by atoms with van der Waals surface area (Å²) in [4.78, 5) is 23.7. The molecule has 2 aromatic carbocycles. The summed E-state index contributed by atoms with van der Waals surface area (Å²) < 4.78 is 23.3. The van der Waals surface area contributed by atoms with Gasteiger partial charge in [-0.3, -0.25) is 4.79 Å². The van der Waals surface area contributed by atoms with Crippen LogP contribution < -0.4 is 10.1 Å². The maximum atomic E-state index is 13.1. The number of nitrogens with one attached hydrogen (secondary N) is 1. The van der Waals surface area contributed by atoms with Gasteiger partial charge in [0.25, 0.3) is 5.91 Å². The van der Waals surface area contributed by atoms with E-state index in [4.69, 9.17) is 44.3 Å². The van der Waals surface area contributed by atoms with Gasteiger partial charge in [-0.25, -0.2) is 9.18 Å². The van der Waals surface area contributed by atoms with Crippen molar-refractivity contribution in [1.82, 2.24) is 0 Å². The lowest BCUT2D eigenvalue weighted by Crippen LogP contribution is -2.29. The molecular formula is C17H13Cl3FNO4. The zero-order chi connectivity index (χ0) is 19.3. The minimum atomic E-state index is -0.998. The molecule has 26 heavy (non-hydrogen) atoms. The van der Waals surface area contributed by atoms with E-state index in [1.807, 2.05) is 0 Å². The Kier molecular flexibility index (Phi) is 7.08. The van der Waals surface area contributed by atoms with Gasteiger partial charge in [-0.15, -0.1) is 0 Å². The van der Waals surface area contributed by atoms with E-state index in [1.54, 1.807) is 6.07 Å². The highest BCUT2D eigenvalue weighted by Gasteiger charge is 2.19. The van der Waals surface area contributed by atoms with E-state index in [0.29, 0.717) is 5.02 Å². The molecule has 1 atom stereocenters. The molecule has 138 valence electrons. The summed E-state index contributed by atoms with van der Waals surface area (Å²) in [5, 5.41) is 2.95. The Bertz CT molecular complexity index is 832. The molecule has 9 heteroatoms. The molecule has 0 aliphatic rings. The van der Waals surface area contributed by atoms with Gasteiger partial charge in [-0.05, 0) is 43.3 Å². The molecule has 0 aliphatic heterocycles. The highest BCUT2D eigenvalue weighted by atomic mass is 35.5. The fourth-order valence-corrected chi connectivity index (χ4v) is 2.47. The molecule has 0 heterocycles. The Balaban J connectivity index is 1.84. The predicted molar refractivity (Wildman–Crippen MR) is 97.6 cm³/mol. The third kappa shape index (κ3) is 5.76. The first-order chi connectivity index (χ1) is 12.3. The zero-order valence-corrected chi connectivity index (χ0v) is 15.7. The predicted octanol–water partition coefficient (Wildman–Crippen LogP) is 4.74. The molecule has 0 saturated heterocycles. The van der Waals surface area contributed by atoms with Gasteiger partial charge in [0.15, 0.2) is 12.7 Å². The van der Waals surface area contributed by atoms with Gasteiger partial charge < -0.3 is 14.8 Å². The number of carbonyl (C=O) groups is 2. The molecule has 5 nitrogen and oxygen atoms in total. The average Bonchev–Trinajstić information content (AvgIpc) is 2.58. The number of halogens is 4. The second-order valence-corrected chi connectivity index (χ2v) is 6.37. The van der Waals surface area contributed by atoms with Crippen LogP contribution in [0.25, 0.3) is 0 Å². The molecular weight excluding hydrogens is 408 g/mol. The summed E-state index contributed by atoms with van der Waals surface area (Å²) in [5.74, 6) is -1.73. The van der Waals surface area contributed by atoms with Crippen LogP contribution in [0.4, 0.5) is 10.1 Å². The summed E-state index contributed by atoms with van der Waals surface area (Å²) in [5.41, 5.74) is 0.273. The van der Waals surface area contributed by atoms with Crippen LogP contribution in [0, 0.1) is 5.82 Å². The number of ether oxygens (including phenoxy) is 2. The molecule has 0 aliphatic carbocycles. The van der Waals surface area contributed by atoms with E-state index >= 15 is 0 Å². The molecule has 0 fully saturated rings. The lowest BCUT2D eigenvalue weighted by molar-refractivity contribution is -0.153. The standard InChI is InChI=1S/C17H13Cl3FNO4/c1-9(26-15-5-2-10(18)6-13(15)20)17(24)25-8-16(23)22-11-3-4-14(21)12(19)7-11/h2-7,9H,8H2,1H3,(H,22,23). The van der Waals surface area contributed by atoms with E-state index in [0.717, 1.165) is 6.07 Å².